The number of nitrogens with one attached hydrogen (secondary N) is 2. The third kappa shape index (κ3) is 6.22. The molecule has 0 aliphatic carbocycles. The number of amides is 3. The number of alkyl halides is 3. The van der Waals surface area contributed by atoms with Crippen LogP contribution in [-0.4, -0.2) is 55.4 Å². The first-order valence-electron chi connectivity index (χ1n) is 13.2. The number of aryl methyl sites for hydroxylation is 2. The SMILES string of the molecule is CCn1nc(C)cc1C(=O)Nc1nc2cc(C(N)=O)cc3c2n1[C@@H](CCNC(=O)OCc1ccnc(C(F)(F)F)c1)CO3. The predicted molar refractivity (Wildman–Crippen MR) is 145 cm³/mol. The van der Waals surface area contributed by atoms with Gasteiger partial charge in [-0.3, -0.25) is 24.6 Å². The number of aromatic nitrogens is 5. The molecule has 0 unspecified atom stereocenters. The number of primary amides is 1. The molecule has 4 heterocycles. The van der Waals surface area contributed by atoms with Crippen LogP contribution in [0.5, 0.6) is 5.75 Å². The van der Waals surface area contributed by atoms with Gasteiger partial charge in [-0.25, -0.2) is 9.78 Å². The molecule has 0 bridgehead atoms. The summed E-state index contributed by atoms with van der Waals surface area (Å²) in [7, 11) is 0. The number of alkyl carbamates (subject to hydrolysis) is 1. The Morgan fingerprint density at radius 3 is 2.72 bits per heavy atom. The summed E-state index contributed by atoms with van der Waals surface area (Å²) in [4.78, 5) is 45.2. The van der Waals surface area contributed by atoms with E-state index in [9.17, 15) is 27.6 Å². The van der Waals surface area contributed by atoms with Crippen molar-refractivity contribution in [3.63, 3.8) is 0 Å². The number of imidazole rings is 1. The Bertz CT molecular complexity index is 1710. The van der Waals surface area contributed by atoms with Crippen molar-refractivity contribution in [2.75, 3.05) is 18.5 Å². The maximum atomic E-state index is 13.2. The minimum absolute atomic E-state index is 0.0978. The number of hydrogen-bond acceptors (Lipinski definition) is 8. The summed E-state index contributed by atoms with van der Waals surface area (Å²) in [5, 5.41) is 9.71. The zero-order valence-corrected chi connectivity index (χ0v) is 23.1. The van der Waals surface area contributed by atoms with Gasteiger partial charge in [-0.05, 0) is 56.2 Å². The second-order valence-electron chi connectivity index (χ2n) is 9.76. The number of anilines is 1. The van der Waals surface area contributed by atoms with E-state index < -0.39 is 35.8 Å². The average Bonchev–Trinajstić information content (AvgIpc) is 3.53. The van der Waals surface area contributed by atoms with Crippen molar-refractivity contribution in [2.45, 2.75) is 45.6 Å². The summed E-state index contributed by atoms with van der Waals surface area (Å²) in [5.41, 5.74) is 6.61. The minimum atomic E-state index is -4.62. The van der Waals surface area contributed by atoms with Crippen LogP contribution in [0.15, 0.2) is 36.5 Å². The van der Waals surface area contributed by atoms with Gasteiger partial charge in [0.2, 0.25) is 11.9 Å². The lowest BCUT2D eigenvalue weighted by Gasteiger charge is -2.27. The number of ether oxygens (including phenoxy) is 2. The van der Waals surface area contributed by atoms with Gasteiger partial charge >= 0.3 is 12.3 Å². The zero-order chi connectivity index (χ0) is 30.9. The molecule has 16 heteroatoms. The molecule has 43 heavy (non-hydrogen) atoms. The number of nitrogens with zero attached hydrogens (tertiary/aromatic N) is 5. The van der Waals surface area contributed by atoms with E-state index in [0.29, 0.717) is 41.1 Å². The Morgan fingerprint density at radius 2 is 2.00 bits per heavy atom. The summed E-state index contributed by atoms with van der Waals surface area (Å²) in [6.07, 6.45) is -4.15. The van der Waals surface area contributed by atoms with Crippen molar-refractivity contribution in [2.24, 2.45) is 5.73 Å². The van der Waals surface area contributed by atoms with E-state index in [1.165, 1.54) is 18.2 Å². The third-order valence-electron chi connectivity index (χ3n) is 6.72. The molecule has 0 spiro atoms. The molecule has 1 aromatic carbocycles. The number of nitrogens with two attached hydrogens (primary N) is 1. The minimum Gasteiger partial charge on any atom is -0.489 e. The van der Waals surface area contributed by atoms with Crippen LogP contribution in [0.4, 0.5) is 23.9 Å². The molecule has 226 valence electrons. The number of carbonyl (C=O) groups is 3. The number of hydrogen-bond donors (Lipinski definition) is 3. The fourth-order valence-corrected chi connectivity index (χ4v) is 4.76. The van der Waals surface area contributed by atoms with E-state index in [4.69, 9.17) is 15.2 Å². The van der Waals surface area contributed by atoms with Crippen LogP contribution >= 0.6 is 0 Å². The van der Waals surface area contributed by atoms with Crippen LogP contribution in [-0.2, 0) is 24.1 Å². The van der Waals surface area contributed by atoms with Crippen molar-refractivity contribution >= 4 is 34.9 Å². The second kappa shape index (κ2) is 11.6. The van der Waals surface area contributed by atoms with Crippen LogP contribution in [0.25, 0.3) is 11.0 Å². The third-order valence-corrected chi connectivity index (χ3v) is 6.72. The van der Waals surface area contributed by atoms with E-state index in [0.717, 1.165) is 12.3 Å². The van der Waals surface area contributed by atoms with E-state index in [-0.39, 0.29) is 36.8 Å². The number of benzene rings is 1. The number of rotatable bonds is 9. The topological polar surface area (TPSA) is 168 Å². The Hall–Kier alpha value is -5.15. The van der Waals surface area contributed by atoms with Crippen molar-refractivity contribution in [1.29, 1.82) is 0 Å². The molecule has 1 aliphatic rings. The monoisotopic (exact) mass is 600 g/mol. The van der Waals surface area contributed by atoms with Crippen LogP contribution in [0.3, 0.4) is 0 Å². The fourth-order valence-electron chi connectivity index (χ4n) is 4.76. The first-order valence-corrected chi connectivity index (χ1v) is 13.2. The normalized spacial score (nSPS) is 14.3. The number of carbonyl (C=O) groups excluding carboxylic acids is 3. The number of halogens is 3. The van der Waals surface area contributed by atoms with E-state index in [2.05, 4.69) is 25.7 Å². The van der Waals surface area contributed by atoms with Gasteiger partial charge in [-0.2, -0.15) is 18.3 Å². The lowest BCUT2D eigenvalue weighted by atomic mass is 10.1. The van der Waals surface area contributed by atoms with Gasteiger partial charge in [0.1, 0.15) is 35.9 Å². The molecule has 0 radical (unpaired) electrons. The molecule has 5 rings (SSSR count). The Labute approximate surface area is 242 Å². The van der Waals surface area contributed by atoms with E-state index >= 15 is 0 Å². The van der Waals surface area contributed by atoms with Crippen molar-refractivity contribution in [3.05, 3.63) is 64.7 Å². The Kier molecular flexibility index (Phi) is 7.93. The molecule has 1 aliphatic heterocycles. The van der Waals surface area contributed by atoms with Gasteiger partial charge in [0.05, 0.1) is 17.3 Å². The molecule has 0 fully saturated rings. The molecule has 0 saturated heterocycles. The molecular weight excluding hydrogens is 573 g/mol. The number of pyridine rings is 1. The van der Waals surface area contributed by atoms with Crippen LogP contribution in [0.2, 0.25) is 0 Å². The van der Waals surface area contributed by atoms with Gasteiger partial charge in [0.15, 0.2) is 0 Å². The summed E-state index contributed by atoms with van der Waals surface area (Å²) >= 11 is 0. The predicted octanol–water partition coefficient (Wildman–Crippen LogP) is 3.58. The first-order chi connectivity index (χ1) is 20.4. The van der Waals surface area contributed by atoms with Crippen LogP contribution in [0, 0.1) is 6.92 Å². The molecule has 4 N–H and O–H groups in total. The highest BCUT2D eigenvalue weighted by Gasteiger charge is 2.33. The van der Waals surface area contributed by atoms with E-state index in [1.807, 2.05) is 6.92 Å². The lowest BCUT2D eigenvalue weighted by Crippen LogP contribution is -2.31. The Morgan fingerprint density at radius 1 is 1.21 bits per heavy atom. The molecule has 3 amide bonds. The quantitative estimate of drug-likeness (QED) is 0.262. The molecule has 4 aromatic rings. The van der Waals surface area contributed by atoms with Crippen molar-refractivity contribution < 1.29 is 37.0 Å². The highest BCUT2D eigenvalue weighted by molar-refractivity contribution is 6.04. The maximum absolute atomic E-state index is 13.2. The summed E-state index contributed by atoms with van der Waals surface area (Å²) in [5.74, 6) is -0.566. The Balaban J connectivity index is 1.31. The smallest absolute Gasteiger partial charge is 0.433 e. The molecule has 13 nitrogen and oxygen atoms in total. The van der Waals surface area contributed by atoms with Gasteiger partial charge < -0.3 is 25.1 Å². The summed E-state index contributed by atoms with van der Waals surface area (Å²) < 4.78 is 53.0. The van der Waals surface area contributed by atoms with Gasteiger partial charge in [-0.15, -0.1) is 0 Å². The summed E-state index contributed by atoms with van der Waals surface area (Å²) in [6.45, 7) is 3.94. The molecule has 3 aromatic heterocycles. The lowest BCUT2D eigenvalue weighted by molar-refractivity contribution is -0.141. The fraction of sp³-hybridized carbons (Fsp3) is 0.333. The second-order valence-corrected chi connectivity index (χ2v) is 9.76. The van der Waals surface area contributed by atoms with E-state index in [1.54, 1.807) is 22.2 Å². The molecular formula is C27H27F3N8O5. The molecule has 1 atom stereocenters. The highest BCUT2D eigenvalue weighted by Crippen LogP contribution is 2.38. The van der Waals surface area contributed by atoms with Crippen LogP contribution in [0.1, 0.15) is 57.2 Å². The standard InChI is InChI=1S/C27H27F3N8O5/c1-3-37-19(8-14(2)36-37)24(40)35-25-34-18-10-16(23(31)39)11-20-22(18)38(25)17(13-42-20)5-7-33-26(41)43-12-15-4-6-32-21(9-15)27(28,29)30/h4,6,8-11,17H,3,5,7,12-13H2,1-2H3,(H2,31,39)(H,33,41)(H,34,35,40)/t17-/m0/s1. The molecule has 0 saturated carbocycles. The average molecular weight is 601 g/mol. The van der Waals surface area contributed by atoms with Crippen molar-refractivity contribution in [3.8, 4) is 5.75 Å². The van der Waals surface area contributed by atoms with Gasteiger partial charge in [-0.1, -0.05) is 0 Å². The summed E-state index contributed by atoms with van der Waals surface area (Å²) in [6, 6.07) is 6.36. The highest BCUT2D eigenvalue weighted by atomic mass is 19.4. The van der Waals surface area contributed by atoms with Gasteiger partial charge in [0.25, 0.3) is 5.91 Å². The first kappa shape index (κ1) is 29.3. The maximum Gasteiger partial charge on any atom is 0.433 e. The largest absolute Gasteiger partial charge is 0.489 e. The van der Waals surface area contributed by atoms with Crippen LogP contribution < -0.4 is 21.1 Å². The van der Waals surface area contributed by atoms with Gasteiger partial charge in [0, 0.05) is 24.8 Å². The van der Waals surface area contributed by atoms with Crippen molar-refractivity contribution in [1.82, 2.24) is 29.6 Å². The zero-order valence-electron chi connectivity index (χ0n) is 23.1.